The normalized spacial score (nSPS) is 8.35. The van der Waals surface area contributed by atoms with Crippen LogP contribution in [0.15, 0.2) is 0 Å². The molecular weight excluding hydrogens is 318 g/mol. The van der Waals surface area contributed by atoms with Gasteiger partial charge in [-0.15, -0.1) is 0 Å². The summed E-state index contributed by atoms with van der Waals surface area (Å²) in [6.07, 6.45) is 1.74. The van der Waals surface area contributed by atoms with Gasteiger partial charge in [-0.2, -0.15) is 13.8 Å². The predicted octanol–water partition coefficient (Wildman–Crippen LogP) is 1.19. The van der Waals surface area contributed by atoms with Gasteiger partial charge in [-0.05, 0) is 13.8 Å². The molecule has 102 valence electrons. The molecule has 0 fully saturated rings. The van der Waals surface area contributed by atoms with E-state index in [1.165, 1.54) is 0 Å². The summed E-state index contributed by atoms with van der Waals surface area (Å²) in [5.41, 5.74) is 0. The first-order valence-electron chi connectivity index (χ1n) is 4.77. The van der Waals surface area contributed by atoms with Crippen LogP contribution in [0.25, 0.3) is 0 Å². The van der Waals surface area contributed by atoms with Gasteiger partial charge in [0.25, 0.3) is 3.79 Å². The van der Waals surface area contributed by atoms with E-state index in [2.05, 4.69) is 4.74 Å². The van der Waals surface area contributed by atoms with Crippen molar-refractivity contribution in [2.45, 2.75) is 51.4 Å². The molecule has 0 rings (SSSR count). The fourth-order valence-electron chi connectivity index (χ4n) is 0.281. The molecule has 0 amide bonds. The van der Waals surface area contributed by atoms with Gasteiger partial charge in [-0.25, -0.2) is 4.79 Å². The van der Waals surface area contributed by atoms with Gasteiger partial charge in [0.15, 0.2) is 0 Å². The minimum absolute atomic E-state index is 0. The number of hydrogen-bond acceptors (Lipinski definition) is 2. The molecule has 0 aromatic rings. The van der Waals surface area contributed by atoms with Crippen LogP contribution in [0.3, 0.4) is 0 Å². The Bertz CT molecular complexity index is 150. The summed E-state index contributed by atoms with van der Waals surface area (Å²) in [5.74, 6) is -0.840. The Morgan fingerprint density at radius 2 is 1.41 bits per heavy atom. The Morgan fingerprint density at radius 3 is 1.47 bits per heavy atom. The van der Waals surface area contributed by atoms with Crippen LogP contribution < -0.4 is 12.4 Å². The smallest absolute Gasteiger partial charge is 1.00 e. The average molecular weight is 338 g/mol. The van der Waals surface area contributed by atoms with Crippen molar-refractivity contribution >= 4 is 63.8 Å². The third-order valence-electron chi connectivity index (χ3n) is 0.574. The number of hydrogen-bond donors (Lipinski definition) is 0. The van der Waals surface area contributed by atoms with Crippen LogP contribution in [-0.4, -0.2) is 38.9 Å². The maximum absolute atomic E-state index is 10.7. The topological polar surface area (TPSA) is 26.3 Å². The van der Waals surface area contributed by atoms with Crippen LogP contribution in [0.1, 0.15) is 41.5 Å². The summed E-state index contributed by atoms with van der Waals surface area (Å²) in [6.45, 7) is 11.3. The van der Waals surface area contributed by atoms with Crippen LogP contribution in [0.5, 0.6) is 0 Å². The zero-order valence-corrected chi connectivity index (χ0v) is 15.6. The van der Waals surface area contributed by atoms with E-state index in [4.69, 9.17) is 34.8 Å². The number of carbonyl (C=O) groups excluding carboxylic acids is 1. The van der Waals surface area contributed by atoms with Gasteiger partial charge in [-0.1, -0.05) is 48.7 Å². The van der Waals surface area contributed by atoms with Crippen LogP contribution in [0, 0.1) is 6.42 Å². The summed E-state index contributed by atoms with van der Waals surface area (Å²) in [5, 5.41) is 0. The maximum atomic E-state index is 10.7. The van der Waals surface area contributed by atoms with Gasteiger partial charge in [0.05, 0.1) is 6.10 Å². The number of halogens is 4. The van der Waals surface area contributed by atoms with Gasteiger partial charge >= 0.3 is 29.0 Å². The first-order chi connectivity index (χ1) is 6.75. The fraction of sp³-hybridized carbons (Fsp3) is 0.800. The Hall–Kier alpha value is 1.40. The second kappa shape index (κ2) is 19.7. The number of ether oxygens (including phenoxy) is 1. The van der Waals surface area contributed by atoms with Crippen molar-refractivity contribution in [1.29, 1.82) is 0 Å². The average Bonchev–Trinajstić information content (AvgIpc) is 2.06. The molecule has 17 heavy (non-hydrogen) atoms. The number of alkyl halides is 3. The Balaban J connectivity index is -0.0000000598. The first kappa shape index (κ1) is 31.0. The molecule has 0 aliphatic carbocycles. The summed E-state index contributed by atoms with van der Waals surface area (Å²) < 4.78 is 2.63. The molecule has 0 aliphatic rings. The third kappa shape index (κ3) is 31.8. The number of esters is 1. The monoisotopic (exact) mass is 336 g/mol. The van der Waals surface area contributed by atoms with E-state index < -0.39 is 9.76 Å². The van der Waals surface area contributed by atoms with Gasteiger partial charge in [0.2, 0.25) is 0 Å². The van der Waals surface area contributed by atoms with Crippen molar-refractivity contribution in [3.8, 4) is 0 Å². The van der Waals surface area contributed by atoms with E-state index in [1.807, 2.05) is 34.1 Å². The van der Waals surface area contributed by atoms with E-state index in [-0.39, 0.29) is 41.6 Å². The Morgan fingerprint density at radius 1 is 1.18 bits per heavy atom. The molecule has 0 aliphatic heterocycles. The molecular formula is C10H20Cl4MgO2. The Labute approximate surface area is 143 Å². The van der Waals surface area contributed by atoms with Gasteiger partial charge in [0, 0.05) is 0 Å². The first-order valence-corrected chi connectivity index (χ1v) is 5.90. The van der Waals surface area contributed by atoms with Gasteiger partial charge < -0.3 is 23.6 Å². The molecule has 0 heterocycles. The van der Waals surface area contributed by atoms with Crippen LogP contribution in [0.4, 0.5) is 0 Å². The van der Waals surface area contributed by atoms with E-state index >= 15 is 0 Å². The van der Waals surface area contributed by atoms with Crippen molar-refractivity contribution in [2.24, 2.45) is 0 Å². The maximum Gasteiger partial charge on any atom is 2.00 e. The summed E-state index contributed by atoms with van der Waals surface area (Å²) in [6, 6.07) is 0. The van der Waals surface area contributed by atoms with Crippen LogP contribution >= 0.6 is 34.8 Å². The second-order valence-electron chi connectivity index (χ2n) is 2.53. The largest absolute Gasteiger partial charge is 2.00 e. The molecule has 0 saturated heterocycles. The summed E-state index contributed by atoms with van der Waals surface area (Å²) in [4.78, 5) is 10.7. The molecule has 0 unspecified atom stereocenters. The van der Waals surface area contributed by atoms with E-state index in [9.17, 15) is 4.79 Å². The predicted molar refractivity (Wildman–Crippen MR) is 74.3 cm³/mol. The van der Waals surface area contributed by atoms with Gasteiger partial charge in [-0.3, -0.25) is 0 Å². The van der Waals surface area contributed by atoms with E-state index in [0.717, 1.165) is 0 Å². The molecule has 0 aromatic heterocycles. The minimum atomic E-state index is -1.95. The van der Waals surface area contributed by atoms with Gasteiger partial charge in [0.1, 0.15) is 0 Å². The van der Waals surface area contributed by atoms with Crippen molar-refractivity contribution in [1.82, 2.24) is 0 Å². The van der Waals surface area contributed by atoms with E-state index in [0.29, 0.717) is 0 Å². The summed E-state index contributed by atoms with van der Waals surface area (Å²) in [7, 11) is 0. The van der Waals surface area contributed by atoms with Crippen molar-refractivity contribution in [2.75, 3.05) is 0 Å². The molecule has 2 nitrogen and oxygen atoms in total. The molecule has 0 saturated carbocycles. The Kier molecular flexibility index (Phi) is 36.0. The van der Waals surface area contributed by atoms with Crippen molar-refractivity contribution < 1.29 is 21.9 Å². The molecule has 0 N–H and O–H groups in total. The second-order valence-corrected chi connectivity index (χ2v) is 4.81. The standard InChI is InChI=1S/C5H7Cl3O2.C3H7.C2H6.ClH.Mg/c1-3(2)10-4(9)5(6,7)8;1-3-2;1-2;;/h3H,1-2H3;3H,1-2H3;1-2H3;1H;/q;-1;;;+2/p-1. The minimum Gasteiger partial charge on any atom is -1.00 e. The SMILES string of the molecule is CC.CC(C)OC(=O)C(Cl)(Cl)Cl.C[CH-]C.[Cl-].[Mg+2]. The molecule has 0 radical (unpaired) electrons. The van der Waals surface area contributed by atoms with E-state index in [1.54, 1.807) is 13.8 Å². The molecule has 0 aromatic carbocycles. The van der Waals surface area contributed by atoms with Crippen LogP contribution in [0.2, 0.25) is 0 Å². The zero-order chi connectivity index (χ0) is 13.1. The third-order valence-corrected chi connectivity index (χ3v) is 1.04. The molecule has 7 heteroatoms. The van der Waals surface area contributed by atoms with Crippen molar-refractivity contribution in [3.05, 3.63) is 6.42 Å². The fourth-order valence-corrected chi connectivity index (χ4v) is 0.415. The molecule has 0 spiro atoms. The quantitative estimate of drug-likeness (QED) is 0.311. The molecule has 0 bridgehead atoms. The zero-order valence-electron chi connectivity index (χ0n) is 11.2. The number of rotatable bonds is 1. The summed E-state index contributed by atoms with van der Waals surface area (Å²) >= 11 is 15.6. The molecule has 0 atom stereocenters. The van der Waals surface area contributed by atoms with Crippen LogP contribution in [-0.2, 0) is 9.53 Å². The van der Waals surface area contributed by atoms with Crippen molar-refractivity contribution in [3.63, 3.8) is 0 Å². The number of carbonyl (C=O) groups is 1.